The SMILES string of the molecule is Cc1cc(CN2CC(=O)NC(CC(C)C)C2=O)n(C)n1. The molecule has 1 unspecified atom stereocenters. The number of aryl methyl sites for hydroxylation is 2. The molecule has 6 heteroatoms. The summed E-state index contributed by atoms with van der Waals surface area (Å²) in [6.45, 7) is 6.55. The smallest absolute Gasteiger partial charge is 0.245 e. The molecular weight excluding hydrogens is 256 g/mol. The van der Waals surface area contributed by atoms with Gasteiger partial charge in [0.25, 0.3) is 0 Å². The third-order valence-electron chi connectivity index (χ3n) is 3.44. The molecule has 20 heavy (non-hydrogen) atoms. The maximum atomic E-state index is 12.4. The van der Waals surface area contributed by atoms with E-state index in [2.05, 4.69) is 10.4 Å². The fourth-order valence-electron chi connectivity index (χ4n) is 2.55. The molecule has 0 radical (unpaired) electrons. The summed E-state index contributed by atoms with van der Waals surface area (Å²) >= 11 is 0. The molecule has 1 saturated heterocycles. The van der Waals surface area contributed by atoms with Crippen molar-refractivity contribution in [3.8, 4) is 0 Å². The zero-order chi connectivity index (χ0) is 14.9. The summed E-state index contributed by atoms with van der Waals surface area (Å²) in [6, 6.07) is 1.54. The molecule has 2 amide bonds. The quantitative estimate of drug-likeness (QED) is 0.877. The molecule has 2 heterocycles. The van der Waals surface area contributed by atoms with E-state index < -0.39 is 6.04 Å². The largest absolute Gasteiger partial charge is 0.343 e. The standard InChI is InChI=1S/C14H22N4O2/c1-9(2)5-12-14(20)18(8-13(19)15-12)7-11-6-10(3)16-17(11)4/h6,9,12H,5,7-8H2,1-4H3,(H,15,19). The van der Waals surface area contributed by atoms with Crippen LogP contribution in [0.15, 0.2) is 6.07 Å². The maximum absolute atomic E-state index is 12.4. The van der Waals surface area contributed by atoms with E-state index in [9.17, 15) is 9.59 Å². The highest BCUT2D eigenvalue weighted by atomic mass is 16.2. The molecule has 1 atom stereocenters. The number of nitrogens with one attached hydrogen (secondary N) is 1. The third kappa shape index (κ3) is 3.18. The predicted molar refractivity (Wildman–Crippen MR) is 74.7 cm³/mol. The first-order valence-corrected chi connectivity index (χ1v) is 6.94. The van der Waals surface area contributed by atoms with E-state index in [1.54, 1.807) is 9.58 Å². The van der Waals surface area contributed by atoms with E-state index in [-0.39, 0.29) is 18.4 Å². The molecule has 110 valence electrons. The average Bonchev–Trinajstić information content (AvgIpc) is 2.63. The van der Waals surface area contributed by atoms with Crippen LogP contribution in [0.1, 0.15) is 31.7 Å². The highest BCUT2D eigenvalue weighted by Crippen LogP contribution is 2.14. The summed E-state index contributed by atoms with van der Waals surface area (Å²) in [4.78, 5) is 25.8. The monoisotopic (exact) mass is 278 g/mol. The lowest BCUT2D eigenvalue weighted by molar-refractivity contribution is -0.145. The number of aromatic nitrogens is 2. The van der Waals surface area contributed by atoms with Gasteiger partial charge in [-0.25, -0.2) is 0 Å². The number of carbonyl (C=O) groups is 2. The van der Waals surface area contributed by atoms with Crippen molar-refractivity contribution < 1.29 is 9.59 Å². The molecule has 2 rings (SSSR count). The fraction of sp³-hybridized carbons (Fsp3) is 0.643. The fourth-order valence-corrected chi connectivity index (χ4v) is 2.55. The second kappa shape index (κ2) is 5.64. The van der Waals surface area contributed by atoms with Gasteiger partial charge in [0.05, 0.1) is 17.9 Å². The molecule has 1 aliphatic rings. The Morgan fingerprint density at radius 2 is 2.15 bits per heavy atom. The molecule has 1 N–H and O–H groups in total. The summed E-state index contributed by atoms with van der Waals surface area (Å²) in [7, 11) is 1.85. The van der Waals surface area contributed by atoms with Crippen LogP contribution in [-0.2, 0) is 23.2 Å². The second-order valence-electron chi connectivity index (χ2n) is 5.84. The lowest BCUT2D eigenvalue weighted by Gasteiger charge is -2.33. The maximum Gasteiger partial charge on any atom is 0.245 e. The number of hydrogen-bond acceptors (Lipinski definition) is 3. The summed E-state index contributed by atoms with van der Waals surface area (Å²) in [5, 5.41) is 7.05. The first-order valence-electron chi connectivity index (χ1n) is 6.94. The topological polar surface area (TPSA) is 67.2 Å². The Balaban J connectivity index is 2.12. The lowest BCUT2D eigenvalue weighted by Crippen LogP contribution is -2.58. The van der Waals surface area contributed by atoms with Gasteiger partial charge in [-0.15, -0.1) is 0 Å². The van der Waals surface area contributed by atoms with E-state index in [1.807, 2.05) is 33.9 Å². The van der Waals surface area contributed by atoms with E-state index in [0.717, 1.165) is 11.4 Å². The number of hydrogen-bond donors (Lipinski definition) is 1. The number of amides is 2. The molecule has 0 aromatic carbocycles. The molecular formula is C14H22N4O2. The van der Waals surface area contributed by atoms with Crippen molar-refractivity contribution in [3.63, 3.8) is 0 Å². The van der Waals surface area contributed by atoms with Crippen LogP contribution >= 0.6 is 0 Å². The zero-order valence-corrected chi connectivity index (χ0v) is 12.5. The van der Waals surface area contributed by atoms with Crippen molar-refractivity contribution >= 4 is 11.8 Å². The first kappa shape index (κ1) is 14.6. The Bertz CT molecular complexity index is 521. The van der Waals surface area contributed by atoms with Crippen LogP contribution in [0.5, 0.6) is 0 Å². The van der Waals surface area contributed by atoms with Gasteiger partial charge in [-0.3, -0.25) is 14.3 Å². The second-order valence-corrected chi connectivity index (χ2v) is 5.84. The number of rotatable bonds is 4. The molecule has 1 aromatic heterocycles. The van der Waals surface area contributed by atoms with Crippen LogP contribution in [0.3, 0.4) is 0 Å². The molecule has 0 bridgehead atoms. The van der Waals surface area contributed by atoms with Gasteiger partial charge in [0.2, 0.25) is 11.8 Å². The molecule has 0 spiro atoms. The van der Waals surface area contributed by atoms with E-state index in [0.29, 0.717) is 18.9 Å². The van der Waals surface area contributed by atoms with Crippen LogP contribution in [0, 0.1) is 12.8 Å². The van der Waals surface area contributed by atoms with Gasteiger partial charge < -0.3 is 10.2 Å². The van der Waals surface area contributed by atoms with E-state index in [1.165, 1.54) is 0 Å². The zero-order valence-electron chi connectivity index (χ0n) is 12.5. The van der Waals surface area contributed by atoms with Crippen LogP contribution < -0.4 is 5.32 Å². The predicted octanol–water partition coefficient (Wildman–Crippen LogP) is 0.602. The van der Waals surface area contributed by atoms with Crippen molar-refractivity contribution in [2.75, 3.05) is 6.54 Å². The Morgan fingerprint density at radius 3 is 2.70 bits per heavy atom. The minimum atomic E-state index is -0.398. The van der Waals surface area contributed by atoms with Crippen LogP contribution in [0.2, 0.25) is 0 Å². The van der Waals surface area contributed by atoms with Gasteiger partial charge in [-0.2, -0.15) is 5.10 Å². The van der Waals surface area contributed by atoms with Crippen molar-refractivity contribution in [2.45, 2.75) is 39.8 Å². The molecule has 0 saturated carbocycles. The Morgan fingerprint density at radius 1 is 1.45 bits per heavy atom. The molecule has 6 nitrogen and oxygen atoms in total. The molecule has 1 aromatic rings. The molecule has 0 aliphatic carbocycles. The number of nitrogens with zero attached hydrogens (tertiary/aromatic N) is 3. The summed E-state index contributed by atoms with van der Waals surface area (Å²) in [5.41, 5.74) is 1.85. The first-order chi connectivity index (χ1) is 9.36. The molecule has 1 fully saturated rings. The summed E-state index contributed by atoms with van der Waals surface area (Å²) in [6.07, 6.45) is 0.672. The number of piperazine rings is 1. The third-order valence-corrected chi connectivity index (χ3v) is 3.44. The van der Waals surface area contributed by atoms with Gasteiger partial charge in [0.15, 0.2) is 0 Å². The highest BCUT2D eigenvalue weighted by molar-refractivity contribution is 5.94. The Kier molecular flexibility index (Phi) is 4.11. The lowest BCUT2D eigenvalue weighted by atomic mass is 10.0. The average molecular weight is 278 g/mol. The molecule has 1 aliphatic heterocycles. The van der Waals surface area contributed by atoms with E-state index in [4.69, 9.17) is 0 Å². The van der Waals surface area contributed by atoms with E-state index >= 15 is 0 Å². The van der Waals surface area contributed by atoms with Crippen molar-refractivity contribution in [3.05, 3.63) is 17.5 Å². The Hall–Kier alpha value is -1.85. The van der Waals surface area contributed by atoms with Gasteiger partial charge in [-0.1, -0.05) is 13.8 Å². The van der Waals surface area contributed by atoms with Crippen molar-refractivity contribution in [1.82, 2.24) is 20.0 Å². The van der Waals surface area contributed by atoms with Crippen molar-refractivity contribution in [1.29, 1.82) is 0 Å². The van der Waals surface area contributed by atoms with Gasteiger partial charge in [0, 0.05) is 7.05 Å². The van der Waals surface area contributed by atoms with Gasteiger partial charge in [-0.05, 0) is 25.3 Å². The minimum absolute atomic E-state index is 0.00264. The minimum Gasteiger partial charge on any atom is -0.343 e. The normalized spacial score (nSPS) is 19.6. The highest BCUT2D eigenvalue weighted by Gasteiger charge is 2.33. The number of carbonyl (C=O) groups excluding carboxylic acids is 2. The van der Waals surface area contributed by atoms with Crippen LogP contribution in [0.4, 0.5) is 0 Å². The van der Waals surface area contributed by atoms with Crippen LogP contribution in [0.25, 0.3) is 0 Å². The summed E-state index contributed by atoms with van der Waals surface area (Å²) < 4.78 is 1.76. The van der Waals surface area contributed by atoms with Gasteiger partial charge in [0.1, 0.15) is 12.6 Å². The van der Waals surface area contributed by atoms with Gasteiger partial charge >= 0.3 is 0 Å². The summed E-state index contributed by atoms with van der Waals surface area (Å²) in [5.74, 6) is 0.273. The Labute approximate surface area is 119 Å². The van der Waals surface area contributed by atoms with Crippen molar-refractivity contribution in [2.24, 2.45) is 13.0 Å². The van der Waals surface area contributed by atoms with Crippen LogP contribution in [-0.4, -0.2) is 39.1 Å².